The predicted octanol–water partition coefficient (Wildman–Crippen LogP) is -1.17. The van der Waals surface area contributed by atoms with Crippen molar-refractivity contribution in [1.82, 2.24) is 20.4 Å². The molecule has 0 aromatic heterocycles. The zero-order valence-corrected chi connectivity index (χ0v) is 15.0. The molecule has 1 spiro atoms. The van der Waals surface area contributed by atoms with E-state index in [-0.39, 0.29) is 18.4 Å². The highest BCUT2D eigenvalue weighted by molar-refractivity contribution is 5.97. The summed E-state index contributed by atoms with van der Waals surface area (Å²) in [5.74, 6) is -0.737. The van der Waals surface area contributed by atoms with E-state index in [1.54, 1.807) is 11.8 Å². The average Bonchev–Trinajstić information content (AvgIpc) is 3.25. The second kappa shape index (κ2) is 6.57. The number of hydrogen-bond donors (Lipinski definition) is 3. The van der Waals surface area contributed by atoms with E-state index in [0.29, 0.717) is 19.6 Å². The van der Waals surface area contributed by atoms with Gasteiger partial charge in [0.2, 0.25) is 11.8 Å². The molecule has 0 bridgehead atoms. The van der Waals surface area contributed by atoms with Crippen LogP contribution in [0, 0.1) is 0 Å². The van der Waals surface area contributed by atoms with Gasteiger partial charge in [0.1, 0.15) is 11.1 Å². The lowest BCUT2D eigenvalue weighted by Crippen LogP contribution is -2.73. The Balaban J connectivity index is 1.59. The molecular formula is C17H28N4O4. The first-order chi connectivity index (χ1) is 11.8. The van der Waals surface area contributed by atoms with Crippen LogP contribution in [0.3, 0.4) is 0 Å². The second-order valence-corrected chi connectivity index (χ2v) is 7.70. The molecule has 3 atom stereocenters. The summed E-state index contributed by atoms with van der Waals surface area (Å²) in [7, 11) is 0. The first-order valence-corrected chi connectivity index (χ1v) is 9.11. The lowest BCUT2D eigenvalue weighted by atomic mass is 9.87. The molecule has 3 aliphatic rings. The molecule has 3 rings (SSSR count). The number of rotatable bonds is 5. The van der Waals surface area contributed by atoms with E-state index in [1.807, 2.05) is 0 Å². The number of aliphatic hydroxyl groups is 1. The van der Waals surface area contributed by atoms with E-state index < -0.39 is 23.1 Å². The number of aliphatic hydroxyl groups excluding tert-OH is 1. The molecule has 1 unspecified atom stereocenters. The zero-order chi connectivity index (χ0) is 18.2. The van der Waals surface area contributed by atoms with Gasteiger partial charge in [-0.2, -0.15) is 0 Å². The molecular weight excluding hydrogens is 324 g/mol. The van der Waals surface area contributed by atoms with E-state index in [4.69, 9.17) is 0 Å². The van der Waals surface area contributed by atoms with Crippen LogP contribution in [0.2, 0.25) is 0 Å². The fourth-order valence-electron chi connectivity index (χ4n) is 4.02. The summed E-state index contributed by atoms with van der Waals surface area (Å²) in [6.45, 7) is 5.61. The second-order valence-electron chi connectivity index (χ2n) is 7.70. The van der Waals surface area contributed by atoms with E-state index in [2.05, 4.69) is 10.6 Å². The highest BCUT2D eigenvalue weighted by Crippen LogP contribution is 2.31. The quantitative estimate of drug-likeness (QED) is 0.541. The summed E-state index contributed by atoms with van der Waals surface area (Å²) in [4.78, 5) is 40.7. The van der Waals surface area contributed by atoms with Gasteiger partial charge < -0.3 is 25.5 Å². The molecule has 25 heavy (non-hydrogen) atoms. The van der Waals surface area contributed by atoms with Gasteiger partial charge in [-0.25, -0.2) is 0 Å². The third-order valence-electron chi connectivity index (χ3n) is 5.81. The summed E-state index contributed by atoms with van der Waals surface area (Å²) in [5, 5.41) is 16.0. The van der Waals surface area contributed by atoms with Crippen molar-refractivity contribution < 1.29 is 19.5 Å². The van der Waals surface area contributed by atoms with E-state index >= 15 is 0 Å². The number of carbonyl (C=O) groups excluding carboxylic acids is 3. The van der Waals surface area contributed by atoms with Crippen molar-refractivity contribution in [3.8, 4) is 0 Å². The largest absolute Gasteiger partial charge is 0.390 e. The molecule has 0 radical (unpaired) electrons. The Morgan fingerprint density at radius 1 is 1.36 bits per heavy atom. The predicted molar refractivity (Wildman–Crippen MR) is 90.6 cm³/mol. The fourth-order valence-corrected chi connectivity index (χ4v) is 4.02. The molecule has 3 fully saturated rings. The van der Waals surface area contributed by atoms with Crippen LogP contribution in [0.15, 0.2) is 0 Å². The highest BCUT2D eigenvalue weighted by atomic mass is 16.3. The van der Waals surface area contributed by atoms with Crippen molar-refractivity contribution in [3.63, 3.8) is 0 Å². The summed E-state index contributed by atoms with van der Waals surface area (Å²) in [6.07, 6.45) is 2.62. The minimum absolute atomic E-state index is 0.0511. The Kier molecular flexibility index (Phi) is 4.76. The van der Waals surface area contributed by atoms with Gasteiger partial charge in [-0.15, -0.1) is 0 Å². The first kappa shape index (κ1) is 18.1. The van der Waals surface area contributed by atoms with Crippen LogP contribution >= 0.6 is 0 Å². The van der Waals surface area contributed by atoms with Gasteiger partial charge in [-0.05, 0) is 46.1 Å². The SMILES string of the molecule is C[C@@H](O)[C@@](C)(NC(=O)CN1CC2(CCCN2)C1=O)C(=O)N1CCCC1. The lowest BCUT2D eigenvalue weighted by molar-refractivity contribution is -0.156. The molecule has 140 valence electrons. The van der Waals surface area contributed by atoms with Gasteiger partial charge in [-0.1, -0.05) is 0 Å². The third kappa shape index (κ3) is 3.13. The summed E-state index contributed by atoms with van der Waals surface area (Å²) in [5.41, 5.74) is -1.85. The standard InChI is InChI=1S/C17H28N4O4/c1-12(22)16(2,14(24)20-8-3-4-9-20)19-13(23)10-21-11-17(15(21)25)6-5-7-18-17/h12,18,22H,3-11H2,1-2H3,(H,19,23)/t12-,16-,17?/m1/s1. The molecule has 3 saturated heterocycles. The van der Waals surface area contributed by atoms with Crippen molar-refractivity contribution in [3.05, 3.63) is 0 Å². The number of carbonyl (C=O) groups is 3. The maximum absolute atomic E-state index is 12.7. The average molecular weight is 352 g/mol. The molecule has 3 aliphatic heterocycles. The Morgan fingerprint density at radius 3 is 2.56 bits per heavy atom. The Morgan fingerprint density at radius 2 is 2.04 bits per heavy atom. The number of likely N-dealkylation sites (tertiary alicyclic amines) is 2. The van der Waals surface area contributed by atoms with Gasteiger partial charge in [0.15, 0.2) is 0 Å². The molecule has 0 aromatic carbocycles. The monoisotopic (exact) mass is 352 g/mol. The van der Waals surface area contributed by atoms with Crippen molar-refractivity contribution >= 4 is 17.7 Å². The molecule has 8 heteroatoms. The highest BCUT2D eigenvalue weighted by Gasteiger charge is 2.54. The Labute approximate surface area is 147 Å². The minimum Gasteiger partial charge on any atom is -0.390 e. The number of amides is 3. The smallest absolute Gasteiger partial charge is 0.250 e. The lowest BCUT2D eigenvalue weighted by Gasteiger charge is -2.46. The van der Waals surface area contributed by atoms with Crippen LogP contribution in [0.5, 0.6) is 0 Å². The minimum atomic E-state index is -1.38. The maximum atomic E-state index is 12.7. The van der Waals surface area contributed by atoms with Crippen LogP contribution in [0.1, 0.15) is 39.5 Å². The van der Waals surface area contributed by atoms with Crippen LogP contribution in [-0.4, -0.2) is 82.5 Å². The van der Waals surface area contributed by atoms with E-state index in [9.17, 15) is 19.5 Å². The van der Waals surface area contributed by atoms with Crippen molar-refractivity contribution in [2.24, 2.45) is 0 Å². The molecule has 3 heterocycles. The van der Waals surface area contributed by atoms with Gasteiger partial charge in [0.25, 0.3) is 5.91 Å². The van der Waals surface area contributed by atoms with Crippen molar-refractivity contribution in [1.29, 1.82) is 0 Å². The number of β-lactam (4-membered cyclic amide) rings is 1. The summed E-state index contributed by atoms with van der Waals surface area (Å²) in [6, 6.07) is 0. The topological polar surface area (TPSA) is 102 Å². The summed E-state index contributed by atoms with van der Waals surface area (Å²) >= 11 is 0. The number of nitrogens with one attached hydrogen (secondary N) is 2. The van der Waals surface area contributed by atoms with Crippen molar-refractivity contribution in [2.75, 3.05) is 32.7 Å². The zero-order valence-electron chi connectivity index (χ0n) is 15.0. The molecule has 3 amide bonds. The maximum Gasteiger partial charge on any atom is 0.250 e. The van der Waals surface area contributed by atoms with Gasteiger partial charge >= 0.3 is 0 Å². The number of nitrogens with zero attached hydrogens (tertiary/aromatic N) is 2. The van der Waals surface area contributed by atoms with Gasteiger partial charge in [-0.3, -0.25) is 14.4 Å². The van der Waals surface area contributed by atoms with E-state index in [1.165, 1.54) is 11.8 Å². The first-order valence-electron chi connectivity index (χ1n) is 9.11. The molecule has 0 aromatic rings. The molecule has 3 N–H and O–H groups in total. The normalized spacial score (nSPS) is 29.5. The van der Waals surface area contributed by atoms with Crippen LogP contribution < -0.4 is 10.6 Å². The Hall–Kier alpha value is -1.67. The third-order valence-corrected chi connectivity index (χ3v) is 5.81. The molecule has 8 nitrogen and oxygen atoms in total. The van der Waals surface area contributed by atoms with Gasteiger partial charge in [0, 0.05) is 19.6 Å². The molecule has 0 saturated carbocycles. The fraction of sp³-hybridized carbons (Fsp3) is 0.824. The summed E-state index contributed by atoms with van der Waals surface area (Å²) < 4.78 is 0. The Bertz CT molecular complexity index is 567. The van der Waals surface area contributed by atoms with Crippen LogP contribution in [-0.2, 0) is 14.4 Å². The number of hydrogen-bond acceptors (Lipinski definition) is 5. The van der Waals surface area contributed by atoms with Crippen molar-refractivity contribution in [2.45, 2.75) is 56.7 Å². The van der Waals surface area contributed by atoms with Gasteiger partial charge in [0.05, 0.1) is 12.6 Å². The van der Waals surface area contributed by atoms with E-state index in [0.717, 1.165) is 32.2 Å². The molecule has 0 aliphatic carbocycles. The van der Waals surface area contributed by atoms with Crippen LogP contribution in [0.25, 0.3) is 0 Å². The van der Waals surface area contributed by atoms with Crippen LogP contribution in [0.4, 0.5) is 0 Å².